The van der Waals surface area contributed by atoms with Crippen LogP contribution < -0.4 is 10.1 Å². The van der Waals surface area contributed by atoms with E-state index in [1.165, 1.54) is 0 Å². The van der Waals surface area contributed by atoms with Crippen molar-refractivity contribution in [2.24, 2.45) is 0 Å². The summed E-state index contributed by atoms with van der Waals surface area (Å²) in [7, 11) is 0. The van der Waals surface area contributed by atoms with Crippen molar-refractivity contribution >= 4 is 23.5 Å². The molecule has 0 aliphatic rings. The van der Waals surface area contributed by atoms with Crippen LogP contribution in [0.1, 0.15) is 12.0 Å². The van der Waals surface area contributed by atoms with Crippen LogP contribution in [0.3, 0.4) is 0 Å². The lowest BCUT2D eigenvalue weighted by atomic mass is 10.2. The number of benzene rings is 1. The number of rotatable bonds is 6. The van der Waals surface area contributed by atoms with E-state index >= 15 is 0 Å². The normalized spacial score (nSPS) is 11.2. The van der Waals surface area contributed by atoms with Crippen LogP contribution in [0.4, 0.5) is 0 Å². The molecule has 1 atom stereocenters. The number of carboxylic acid groups (broad SMARTS) is 1. The summed E-state index contributed by atoms with van der Waals surface area (Å²) in [6.45, 7) is 1.49. The lowest BCUT2D eigenvalue weighted by Crippen LogP contribution is -2.42. The topological polar surface area (TPSA) is 75.6 Å². The first-order valence-electron chi connectivity index (χ1n) is 5.78. The van der Waals surface area contributed by atoms with E-state index in [1.54, 1.807) is 25.1 Å². The Morgan fingerprint density at radius 2 is 2.25 bits per heavy atom. The van der Waals surface area contributed by atoms with Crippen LogP contribution in [-0.4, -0.2) is 29.6 Å². The molecule has 0 saturated carbocycles. The molecular weight excluding hydrogens is 282 g/mol. The maximum atomic E-state index is 11.6. The zero-order valence-corrected chi connectivity index (χ0v) is 11.6. The molecule has 106 valence electrons. The van der Waals surface area contributed by atoms with Gasteiger partial charge in [0.05, 0.1) is 0 Å². The van der Waals surface area contributed by atoms with Crippen LogP contribution in [0, 0.1) is 19.3 Å². The van der Waals surface area contributed by atoms with Gasteiger partial charge < -0.3 is 15.2 Å². The number of hydrogen-bond donors (Lipinski definition) is 2. The second-order valence-electron chi connectivity index (χ2n) is 4.07. The minimum Gasteiger partial charge on any atom is -0.484 e. The SMILES string of the molecule is C#CCC(NC(=O)COc1ccc(Cl)cc1C)C(=O)O. The highest BCUT2D eigenvalue weighted by molar-refractivity contribution is 6.30. The smallest absolute Gasteiger partial charge is 0.327 e. The zero-order chi connectivity index (χ0) is 15.1. The van der Waals surface area contributed by atoms with Gasteiger partial charge in [0.25, 0.3) is 5.91 Å². The molecule has 1 unspecified atom stereocenters. The number of ether oxygens (including phenoxy) is 1. The number of aryl methyl sites for hydroxylation is 1. The molecule has 1 aromatic rings. The van der Waals surface area contributed by atoms with Gasteiger partial charge in [-0.05, 0) is 30.7 Å². The van der Waals surface area contributed by atoms with Gasteiger partial charge in [0.1, 0.15) is 11.8 Å². The minimum absolute atomic E-state index is 0.0823. The van der Waals surface area contributed by atoms with E-state index in [9.17, 15) is 9.59 Å². The van der Waals surface area contributed by atoms with E-state index in [-0.39, 0.29) is 13.0 Å². The van der Waals surface area contributed by atoms with Crippen molar-refractivity contribution in [1.29, 1.82) is 0 Å². The van der Waals surface area contributed by atoms with Crippen molar-refractivity contribution in [3.05, 3.63) is 28.8 Å². The van der Waals surface area contributed by atoms with Crippen LogP contribution in [0.15, 0.2) is 18.2 Å². The minimum atomic E-state index is -1.18. The van der Waals surface area contributed by atoms with Gasteiger partial charge in [-0.2, -0.15) is 0 Å². The Labute approximate surface area is 121 Å². The first-order chi connectivity index (χ1) is 9.43. The molecule has 6 heteroatoms. The number of nitrogens with one attached hydrogen (secondary N) is 1. The molecule has 5 nitrogen and oxygen atoms in total. The summed E-state index contributed by atoms with van der Waals surface area (Å²) < 4.78 is 5.30. The highest BCUT2D eigenvalue weighted by Gasteiger charge is 2.18. The third kappa shape index (κ3) is 4.82. The van der Waals surface area contributed by atoms with Crippen molar-refractivity contribution in [1.82, 2.24) is 5.32 Å². The summed E-state index contributed by atoms with van der Waals surface area (Å²) in [6.07, 6.45) is 4.95. The number of terminal acetylenes is 1. The van der Waals surface area contributed by atoms with E-state index in [2.05, 4.69) is 11.2 Å². The van der Waals surface area contributed by atoms with E-state index in [0.717, 1.165) is 5.56 Å². The van der Waals surface area contributed by atoms with Gasteiger partial charge in [-0.15, -0.1) is 12.3 Å². The van der Waals surface area contributed by atoms with Gasteiger partial charge in [0, 0.05) is 11.4 Å². The summed E-state index contributed by atoms with van der Waals surface area (Å²) >= 11 is 5.80. The fraction of sp³-hybridized carbons (Fsp3) is 0.286. The van der Waals surface area contributed by atoms with Crippen LogP contribution in [-0.2, 0) is 9.59 Å². The lowest BCUT2D eigenvalue weighted by Gasteiger charge is -2.13. The molecule has 0 aliphatic heterocycles. The maximum Gasteiger partial charge on any atom is 0.327 e. The number of carboxylic acids is 1. The molecule has 1 amide bonds. The van der Waals surface area contributed by atoms with Crippen LogP contribution in [0.5, 0.6) is 5.75 Å². The molecule has 0 aromatic heterocycles. The summed E-state index contributed by atoms with van der Waals surface area (Å²) in [5.41, 5.74) is 0.781. The fourth-order valence-corrected chi connectivity index (χ4v) is 1.70. The van der Waals surface area contributed by atoms with Crippen LogP contribution in [0.2, 0.25) is 5.02 Å². The Balaban J connectivity index is 2.55. The molecule has 0 heterocycles. The summed E-state index contributed by atoms with van der Waals surface area (Å²) in [5, 5.41) is 11.7. The van der Waals surface area contributed by atoms with Gasteiger partial charge in [-0.25, -0.2) is 4.79 Å². The molecule has 0 fully saturated rings. The number of amides is 1. The first-order valence-corrected chi connectivity index (χ1v) is 6.16. The highest BCUT2D eigenvalue weighted by Crippen LogP contribution is 2.21. The van der Waals surface area contributed by atoms with E-state index in [0.29, 0.717) is 10.8 Å². The predicted octanol–water partition coefficient (Wildman–Crippen LogP) is 1.62. The van der Waals surface area contributed by atoms with Crippen molar-refractivity contribution in [3.8, 4) is 18.1 Å². The van der Waals surface area contributed by atoms with Crippen molar-refractivity contribution in [2.45, 2.75) is 19.4 Å². The van der Waals surface area contributed by atoms with Gasteiger partial charge in [-0.1, -0.05) is 11.6 Å². The predicted molar refractivity (Wildman–Crippen MR) is 74.7 cm³/mol. The Morgan fingerprint density at radius 1 is 1.55 bits per heavy atom. The average molecular weight is 296 g/mol. The number of hydrogen-bond acceptors (Lipinski definition) is 3. The molecule has 2 N–H and O–H groups in total. The molecule has 0 bridgehead atoms. The quantitative estimate of drug-likeness (QED) is 0.782. The molecule has 0 aliphatic carbocycles. The monoisotopic (exact) mass is 295 g/mol. The van der Waals surface area contributed by atoms with Crippen LogP contribution in [0.25, 0.3) is 0 Å². The molecule has 0 spiro atoms. The number of halogens is 1. The van der Waals surface area contributed by atoms with E-state index < -0.39 is 17.9 Å². The maximum absolute atomic E-state index is 11.6. The van der Waals surface area contributed by atoms with Gasteiger partial charge in [0.2, 0.25) is 0 Å². The average Bonchev–Trinajstić information content (AvgIpc) is 2.37. The third-order valence-corrected chi connectivity index (χ3v) is 2.69. The van der Waals surface area contributed by atoms with E-state index in [1.807, 2.05) is 0 Å². The highest BCUT2D eigenvalue weighted by atomic mass is 35.5. The second kappa shape index (κ2) is 7.41. The second-order valence-corrected chi connectivity index (χ2v) is 4.50. The molecule has 1 aromatic carbocycles. The Bertz CT molecular complexity index is 551. The molecular formula is C14H14ClNO4. The Morgan fingerprint density at radius 3 is 2.80 bits per heavy atom. The Kier molecular flexibility index (Phi) is 5.88. The number of carbonyl (C=O) groups is 2. The van der Waals surface area contributed by atoms with E-state index in [4.69, 9.17) is 27.9 Å². The zero-order valence-electron chi connectivity index (χ0n) is 10.9. The van der Waals surface area contributed by atoms with Crippen molar-refractivity contribution in [2.75, 3.05) is 6.61 Å². The largest absolute Gasteiger partial charge is 0.484 e. The fourth-order valence-electron chi connectivity index (χ4n) is 1.47. The third-order valence-electron chi connectivity index (χ3n) is 2.45. The van der Waals surface area contributed by atoms with Gasteiger partial charge in [0.15, 0.2) is 6.61 Å². The molecule has 0 saturated heterocycles. The van der Waals surface area contributed by atoms with Crippen LogP contribution >= 0.6 is 11.6 Å². The summed E-state index contributed by atoms with van der Waals surface area (Å²) in [5.74, 6) is 0.965. The lowest BCUT2D eigenvalue weighted by molar-refractivity contribution is -0.141. The summed E-state index contributed by atoms with van der Waals surface area (Å²) in [4.78, 5) is 22.4. The molecule has 20 heavy (non-hydrogen) atoms. The number of aliphatic carboxylic acids is 1. The standard InChI is InChI=1S/C14H14ClNO4/c1-3-4-11(14(18)19)16-13(17)8-20-12-6-5-10(15)7-9(12)2/h1,5-7,11H,4,8H2,2H3,(H,16,17)(H,18,19). The van der Waals surface area contributed by atoms with Gasteiger partial charge in [-0.3, -0.25) is 4.79 Å². The molecule has 1 rings (SSSR count). The van der Waals surface area contributed by atoms with Crippen molar-refractivity contribution < 1.29 is 19.4 Å². The number of carbonyl (C=O) groups excluding carboxylic acids is 1. The first kappa shape index (κ1) is 15.9. The van der Waals surface area contributed by atoms with Gasteiger partial charge >= 0.3 is 5.97 Å². The summed E-state index contributed by atoms with van der Waals surface area (Å²) in [6, 6.07) is 3.87. The Hall–Kier alpha value is -2.19. The molecule has 0 radical (unpaired) electrons. The van der Waals surface area contributed by atoms with Crippen molar-refractivity contribution in [3.63, 3.8) is 0 Å².